The summed E-state index contributed by atoms with van der Waals surface area (Å²) in [5.41, 5.74) is 0.176. The van der Waals surface area contributed by atoms with Crippen LogP contribution in [0.1, 0.15) is 22.8 Å². The molecule has 0 radical (unpaired) electrons. The van der Waals surface area contributed by atoms with E-state index >= 15 is 0 Å². The Kier molecular flexibility index (Phi) is 4.96. The summed E-state index contributed by atoms with van der Waals surface area (Å²) in [4.78, 5) is 32.4. The zero-order valence-electron chi connectivity index (χ0n) is 9.51. The third kappa shape index (κ3) is 3.36. The van der Waals surface area contributed by atoms with E-state index in [1.807, 2.05) is 0 Å². The van der Waals surface area contributed by atoms with Crippen LogP contribution < -0.4 is 0 Å². The number of nitrogens with zero attached hydrogens (tertiary/aromatic N) is 1. The Morgan fingerprint density at radius 3 is 2.72 bits per heavy atom. The second-order valence-corrected chi connectivity index (χ2v) is 4.22. The van der Waals surface area contributed by atoms with Gasteiger partial charge in [0, 0.05) is 11.1 Å². The minimum absolute atomic E-state index is 0.148. The minimum Gasteiger partial charge on any atom is -0.466 e. The Bertz CT molecular complexity index is 500. The molecule has 1 aromatic carbocycles. The van der Waals surface area contributed by atoms with Gasteiger partial charge in [0.05, 0.1) is 22.4 Å². The summed E-state index contributed by atoms with van der Waals surface area (Å²) in [5, 5.41) is 10.9. The fraction of sp³-hybridized carbons (Fsp3) is 0.273. The van der Waals surface area contributed by atoms with Gasteiger partial charge in [0.1, 0.15) is 6.29 Å². The highest BCUT2D eigenvalue weighted by Crippen LogP contribution is 2.30. The van der Waals surface area contributed by atoms with Crippen molar-refractivity contribution >= 4 is 33.9 Å². The van der Waals surface area contributed by atoms with Gasteiger partial charge in [0.25, 0.3) is 5.69 Å². The lowest BCUT2D eigenvalue weighted by Crippen LogP contribution is -2.10. The number of nitro groups is 1. The fourth-order valence-corrected chi connectivity index (χ4v) is 2.12. The monoisotopic (exact) mass is 315 g/mol. The Morgan fingerprint density at radius 1 is 1.56 bits per heavy atom. The Labute approximate surface area is 111 Å². The first kappa shape index (κ1) is 14.3. The molecule has 18 heavy (non-hydrogen) atoms. The Balaban J connectivity index is 3.21. The lowest BCUT2D eigenvalue weighted by molar-refractivity contribution is -0.386. The van der Waals surface area contributed by atoms with E-state index < -0.39 is 10.9 Å². The van der Waals surface area contributed by atoms with Crippen LogP contribution in [0.15, 0.2) is 16.6 Å². The van der Waals surface area contributed by atoms with Crippen molar-refractivity contribution in [2.45, 2.75) is 13.3 Å². The number of benzene rings is 1. The normalized spacial score (nSPS) is 9.89. The van der Waals surface area contributed by atoms with Crippen molar-refractivity contribution in [1.82, 2.24) is 0 Å². The van der Waals surface area contributed by atoms with E-state index in [1.54, 1.807) is 6.92 Å². The minimum atomic E-state index is -0.604. The molecule has 0 amide bonds. The van der Waals surface area contributed by atoms with Crippen LogP contribution in [0, 0.1) is 10.1 Å². The molecule has 0 unspecified atom stereocenters. The third-order valence-electron chi connectivity index (χ3n) is 2.12. The van der Waals surface area contributed by atoms with Crippen molar-refractivity contribution < 1.29 is 19.2 Å². The van der Waals surface area contributed by atoms with Gasteiger partial charge in [-0.15, -0.1) is 0 Å². The number of ether oxygens (including phenoxy) is 1. The van der Waals surface area contributed by atoms with Crippen LogP contribution in [0.25, 0.3) is 0 Å². The van der Waals surface area contributed by atoms with E-state index in [2.05, 4.69) is 15.9 Å². The highest BCUT2D eigenvalue weighted by Gasteiger charge is 2.22. The molecule has 0 aromatic heterocycles. The van der Waals surface area contributed by atoms with Crippen LogP contribution in [0.5, 0.6) is 0 Å². The second kappa shape index (κ2) is 6.25. The molecule has 0 fully saturated rings. The zero-order chi connectivity index (χ0) is 13.7. The molecule has 0 saturated heterocycles. The van der Waals surface area contributed by atoms with Gasteiger partial charge in [-0.3, -0.25) is 19.7 Å². The Hall–Kier alpha value is -1.76. The van der Waals surface area contributed by atoms with Crippen molar-refractivity contribution in [2.75, 3.05) is 6.61 Å². The SMILES string of the molecule is CCOC(=O)Cc1cc(C=O)cc(Br)c1[N+](=O)[O-]. The summed E-state index contributed by atoms with van der Waals surface area (Å²) in [6, 6.07) is 2.65. The number of nitro benzene ring substituents is 1. The molecule has 6 nitrogen and oxygen atoms in total. The first-order chi connectivity index (χ1) is 8.49. The highest BCUT2D eigenvalue weighted by atomic mass is 79.9. The highest BCUT2D eigenvalue weighted by molar-refractivity contribution is 9.10. The quantitative estimate of drug-likeness (QED) is 0.360. The van der Waals surface area contributed by atoms with E-state index in [9.17, 15) is 19.7 Å². The van der Waals surface area contributed by atoms with E-state index in [-0.39, 0.29) is 34.3 Å². The lowest BCUT2D eigenvalue weighted by Gasteiger charge is -2.05. The molecule has 0 aliphatic carbocycles. The molecular formula is C11H10BrNO5. The van der Waals surface area contributed by atoms with E-state index in [4.69, 9.17) is 4.74 Å². The average Bonchev–Trinajstić information content (AvgIpc) is 2.27. The summed E-state index contributed by atoms with van der Waals surface area (Å²) in [6.45, 7) is 1.84. The number of aldehydes is 1. The maximum absolute atomic E-state index is 11.3. The number of carbonyl (C=O) groups is 2. The summed E-state index contributed by atoms with van der Waals surface area (Å²) in [6.07, 6.45) is 0.313. The topological polar surface area (TPSA) is 86.5 Å². The number of carbonyl (C=O) groups excluding carboxylic acids is 2. The van der Waals surface area contributed by atoms with Gasteiger partial charge in [0.2, 0.25) is 0 Å². The van der Waals surface area contributed by atoms with Crippen LogP contribution >= 0.6 is 15.9 Å². The van der Waals surface area contributed by atoms with Crippen molar-refractivity contribution in [3.8, 4) is 0 Å². The molecule has 96 valence electrons. The first-order valence-corrected chi connectivity index (χ1v) is 5.86. The number of esters is 1. The van der Waals surface area contributed by atoms with Gasteiger partial charge in [0.15, 0.2) is 0 Å². The second-order valence-electron chi connectivity index (χ2n) is 3.37. The Morgan fingerprint density at radius 2 is 2.22 bits per heavy atom. The molecular weight excluding hydrogens is 306 g/mol. The lowest BCUT2D eigenvalue weighted by atomic mass is 10.1. The van der Waals surface area contributed by atoms with Gasteiger partial charge < -0.3 is 4.74 Å². The predicted molar refractivity (Wildman–Crippen MR) is 66.5 cm³/mol. The third-order valence-corrected chi connectivity index (χ3v) is 2.73. The summed E-state index contributed by atoms with van der Waals surface area (Å²) < 4.78 is 4.89. The van der Waals surface area contributed by atoms with Crippen LogP contribution in [-0.4, -0.2) is 23.8 Å². The maximum atomic E-state index is 11.3. The molecule has 0 spiro atoms. The first-order valence-electron chi connectivity index (χ1n) is 5.07. The van der Waals surface area contributed by atoms with Crippen LogP contribution in [0.2, 0.25) is 0 Å². The van der Waals surface area contributed by atoms with E-state index in [0.29, 0.717) is 6.29 Å². The van der Waals surface area contributed by atoms with Crippen LogP contribution in [0.4, 0.5) is 5.69 Å². The maximum Gasteiger partial charge on any atom is 0.310 e. The summed E-state index contributed by atoms with van der Waals surface area (Å²) in [5.74, 6) is -0.574. The molecule has 0 atom stereocenters. The standard InChI is InChI=1S/C11H10BrNO5/c1-2-18-10(15)5-8-3-7(6-14)4-9(12)11(8)13(16)17/h3-4,6H,2,5H2,1H3. The molecule has 1 aromatic rings. The van der Waals surface area contributed by atoms with Gasteiger partial charge in [-0.05, 0) is 35.0 Å². The largest absolute Gasteiger partial charge is 0.466 e. The predicted octanol–water partition coefficient (Wildman–Crippen LogP) is 2.28. The summed E-state index contributed by atoms with van der Waals surface area (Å²) >= 11 is 3.02. The number of halogens is 1. The molecule has 0 aliphatic rings. The summed E-state index contributed by atoms with van der Waals surface area (Å²) in [7, 11) is 0. The molecule has 0 heterocycles. The average molecular weight is 316 g/mol. The van der Waals surface area contributed by atoms with Crippen molar-refractivity contribution in [3.05, 3.63) is 37.8 Å². The van der Waals surface area contributed by atoms with Crippen molar-refractivity contribution in [3.63, 3.8) is 0 Å². The van der Waals surface area contributed by atoms with Gasteiger partial charge in [-0.25, -0.2) is 0 Å². The van der Waals surface area contributed by atoms with Crippen molar-refractivity contribution in [1.29, 1.82) is 0 Å². The molecule has 7 heteroatoms. The zero-order valence-corrected chi connectivity index (χ0v) is 11.1. The van der Waals surface area contributed by atoms with E-state index in [0.717, 1.165) is 0 Å². The van der Waals surface area contributed by atoms with Gasteiger partial charge >= 0.3 is 5.97 Å². The smallest absolute Gasteiger partial charge is 0.310 e. The number of hydrogen-bond acceptors (Lipinski definition) is 5. The molecule has 0 bridgehead atoms. The van der Waals surface area contributed by atoms with Gasteiger partial charge in [-0.1, -0.05) is 0 Å². The molecule has 0 saturated carbocycles. The van der Waals surface area contributed by atoms with Crippen molar-refractivity contribution in [2.24, 2.45) is 0 Å². The number of rotatable bonds is 5. The molecule has 0 N–H and O–H groups in total. The van der Waals surface area contributed by atoms with Crippen LogP contribution in [-0.2, 0) is 16.0 Å². The van der Waals surface area contributed by atoms with Crippen LogP contribution in [0.3, 0.4) is 0 Å². The number of hydrogen-bond donors (Lipinski definition) is 0. The van der Waals surface area contributed by atoms with Gasteiger partial charge in [-0.2, -0.15) is 0 Å². The molecule has 0 aliphatic heterocycles. The van der Waals surface area contributed by atoms with E-state index in [1.165, 1.54) is 12.1 Å². The fourth-order valence-electron chi connectivity index (χ4n) is 1.45. The molecule has 1 rings (SSSR count).